The van der Waals surface area contributed by atoms with Crippen LogP contribution in [0, 0.1) is 5.92 Å². The van der Waals surface area contributed by atoms with Crippen LogP contribution in [0.4, 0.5) is 0 Å². The molecule has 0 aromatic rings. The lowest BCUT2D eigenvalue weighted by Crippen LogP contribution is -2.30. The number of carbonyl (C=O) groups is 3. The van der Waals surface area contributed by atoms with Crippen molar-refractivity contribution in [1.29, 1.82) is 0 Å². The third-order valence-electron chi connectivity index (χ3n) is 11.8. The third-order valence-corrected chi connectivity index (χ3v) is 11.8. The minimum atomic E-state index is -0.760. The van der Waals surface area contributed by atoms with E-state index >= 15 is 0 Å². The van der Waals surface area contributed by atoms with E-state index < -0.39 is 6.10 Å². The Labute approximate surface area is 361 Å². The van der Waals surface area contributed by atoms with Crippen molar-refractivity contribution in [3.63, 3.8) is 0 Å². The molecule has 0 aliphatic rings. The highest BCUT2D eigenvalue weighted by molar-refractivity contribution is 5.71. The second-order valence-corrected chi connectivity index (χ2v) is 18.3. The molecule has 0 radical (unpaired) electrons. The summed E-state index contributed by atoms with van der Waals surface area (Å²) in [6, 6.07) is 0. The van der Waals surface area contributed by atoms with Crippen LogP contribution in [0.1, 0.15) is 291 Å². The predicted octanol–water partition coefficient (Wildman–Crippen LogP) is 16.7. The van der Waals surface area contributed by atoms with Crippen molar-refractivity contribution in [2.24, 2.45) is 5.92 Å². The summed E-state index contributed by atoms with van der Waals surface area (Å²) in [7, 11) is 0. The zero-order chi connectivity index (χ0) is 42.4. The fraction of sp³-hybridized carbons (Fsp3) is 0.942. The Hall–Kier alpha value is -1.59. The van der Waals surface area contributed by atoms with Gasteiger partial charge in [0.25, 0.3) is 0 Å². The molecule has 0 heterocycles. The van der Waals surface area contributed by atoms with Gasteiger partial charge in [-0.2, -0.15) is 0 Å². The molecule has 0 saturated carbocycles. The highest BCUT2D eigenvalue weighted by Crippen LogP contribution is 2.17. The standard InChI is InChI=1S/C52H100O6/c1-5-7-9-11-13-15-16-17-18-19-20-25-29-33-37-41-45-52(55)58-49(46-56-50(53)43-39-35-31-26-14-12-10-8-6-2)47-57-51(54)44-40-36-32-28-24-22-21-23-27-30-34-38-42-48(3)4/h48-49H,5-47H2,1-4H3/t49-/m1/s1. The first-order valence-corrected chi connectivity index (χ1v) is 25.9. The molecule has 344 valence electrons. The molecular weight excluding hydrogens is 721 g/mol. The lowest BCUT2D eigenvalue weighted by molar-refractivity contribution is -0.167. The summed E-state index contributed by atoms with van der Waals surface area (Å²) in [6.07, 6.45) is 48.0. The molecule has 0 saturated heterocycles. The minimum Gasteiger partial charge on any atom is -0.462 e. The molecule has 0 aromatic heterocycles. The Bertz CT molecular complexity index is 872. The molecule has 6 nitrogen and oxygen atoms in total. The van der Waals surface area contributed by atoms with E-state index in [1.165, 1.54) is 186 Å². The van der Waals surface area contributed by atoms with Crippen LogP contribution in [-0.4, -0.2) is 37.2 Å². The summed E-state index contributed by atoms with van der Waals surface area (Å²) < 4.78 is 16.8. The molecule has 0 bridgehead atoms. The van der Waals surface area contributed by atoms with Crippen molar-refractivity contribution in [2.75, 3.05) is 13.2 Å². The normalized spacial score (nSPS) is 11.9. The third kappa shape index (κ3) is 45.5. The van der Waals surface area contributed by atoms with Gasteiger partial charge in [-0.3, -0.25) is 14.4 Å². The first-order valence-electron chi connectivity index (χ1n) is 25.9. The van der Waals surface area contributed by atoms with Gasteiger partial charge < -0.3 is 14.2 Å². The molecule has 0 N–H and O–H groups in total. The number of hydrogen-bond acceptors (Lipinski definition) is 6. The number of esters is 3. The summed E-state index contributed by atoms with van der Waals surface area (Å²) in [4.78, 5) is 37.9. The molecule has 0 rings (SSSR count). The molecule has 0 fully saturated rings. The Morgan fingerprint density at radius 1 is 0.328 bits per heavy atom. The molecule has 1 atom stereocenters. The van der Waals surface area contributed by atoms with Crippen molar-refractivity contribution < 1.29 is 28.6 Å². The Kier molecular flexibility index (Phi) is 45.2. The van der Waals surface area contributed by atoms with Crippen LogP contribution in [0.15, 0.2) is 0 Å². The molecule has 0 aromatic carbocycles. The van der Waals surface area contributed by atoms with Gasteiger partial charge in [0.15, 0.2) is 6.10 Å². The molecule has 0 unspecified atom stereocenters. The average molecular weight is 821 g/mol. The first-order chi connectivity index (χ1) is 28.4. The lowest BCUT2D eigenvalue weighted by Gasteiger charge is -2.18. The summed E-state index contributed by atoms with van der Waals surface area (Å²) in [5, 5.41) is 0. The average Bonchev–Trinajstić information content (AvgIpc) is 3.21. The van der Waals surface area contributed by atoms with E-state index in [1.807, 2.05) is 0 Å². The van der Waals surface area contributed by atoms with Gasteiger partial charge in [0, 0.05) is 19.3 Å². The largest absolute Gasteiger partial charge is 0.462 e. The highest BCUT2D eigenvalue weighted by Gasteiger charge is 2.19. The highest BCUT2D eigenvalue weighted by atomic mass is 16.6. The number of hydrogen-bond donors (Lipinski definition) is 0. The van der Waals surface area contributed by atoms with Crippen LogP contribution in [-0.2, 0) is 28.6 Å². The smallest absolute Gasteiger partial charge is 0.306 e. The lowest BCUT2D eigenvalue weighted by atomic mass is 10.0. The Balaban J connectivity index is 4.26. The van der Waals surface area contributed by atoms with Gasteiger partial charge in [-0.05, 0) is 25.2 Å². The fourth-order valence-corrected chi connectivity index (χ4v) is 7.86. The minimum absolute atomic E-state index is 0.0629. The van der Waals surface area contributed by atoms with Gasteiger partial charge in [-0.1, -0.05) is 252 Å². The van der Waals surface area contributed by atoms with Gasteiger partial charge >= 0.3 is 17.9 Å². The molecule has 0 spiro atoms. The zero-order valence-corrected chi connectivity index (χ0v) is 39.5. The summed E-state index contributed by atoms with van der Waals surface area (Å²) in [6.45, 7) is 9.01. The molecule has 0 aliphatic heterocycles. The van der Waals surface area contributed by atoms with Crippen LogP contribution in [0.3, 0.4) is 0 Å². The molecule has 0 aliphatic carbocycles. The number of ether oxygens (including phenoxy) is 3. The van der Waals surface area contributed by atoms with E-state index in [0.29, 0.717) is 19.3 Å². The maximum absolute atomic E-state index is 12.8. The van der Waals surface area contributed by atoms with Gasteiger partial charge in [0.2, 0.25) is 0 Å². The Morgan fingerprint density at radius 3 is 0.845 bits per heavy atom. The van der Waals surface area contributed by atoms with Crippen molar-refractivity contribution in [3.05, 3.63) is 0 Å². The second kappa shape index (κ2) is 46.5. The van der Waals surface area contributed by atoms with Gasteiger partial charge in [0.05, 0.1) is 0 Å². The van der Waals surface area contributed by atoms with Crippen LogP contribution in [0.5, 0.6) is 0 Å². The van der Waals surface area contributed by atoms with E-state index in [0.717, 1.165) is 63.7 Å². The number of unbranched alkanes of at least 4 members (excludes halogenated alkanes) is 34. The summed E-state index contributed by atoms with van der Waals surface area (Å²) >= 11 is 0. The van der Waals surface area contributed by atoms with E-state index in [1.54, 1.807) is 0 Å². The monoisotopic (exact) mass is 821 g/mol. The predicted molar refractivity (Wildman–Crippen MR) is 247 cm³/mol. The van der Waals surface area contributed by atoms with Gasteiger partial charge in [-0.15, -0.1) is 0 Å². The van der Waals surface area contributed by atoms with E-state index in [9.17, 15) is 14.4 Å². The topological polar surface area (TPSA) is 78.9 Å². The number of rotatable bonds is 47. The number of carbonyl (C=O) groups excluding carboxylic acids is 3. The van der Waals surface area contributed by atoms with Crippen LogP contribution < -0.4 is 0 Å². The molecule has 58 heavy (non-hydrogen) atoms. The maximum atomic E-state index is 12.8. The molecule has 6 heteroatoms. The fourth-order valence-electron chi connectivity index (χ4n) is 7.86. The molecular formula is C52H100O6. The zero-order valence-electron chi connectivity index (χ0n) is 39.5. The van der Waals surface area contributed by atoms with Gasteiger partial charge in [0.1, 0.15) is 13.2 Å². The van der Waals surface area contributed by atoms with Crippen LogP contribution in [0.25, 0.3) is 0 Å². The quantitative estimate of drug-likeness (QED) is 0.0346. The SMILES string of the molecule is CCCCCCCCCCCCCCCCCCC(=O)O[C@H](COC(=O)CCCCCCCCCCC)COC(=O)CCCCCCCCCCCCCCC(C)C. The summed E-state index contributed by atoms with van der Waals surface area (Å²) in [5.41, 5.74) is 0. The van der Waals surface area contributed by atoms with Crippen molar-refractivity contribution in [3.8, 4) is 0 Å². The molecule has 0 amide bonds. The van der Waals surface area contributed by atoms with Crippen LogP contribution >= 0.6 is 0 Å². The van der Waals surface area contributed by atoms with Gasteiger partial charge in [-0.25, -0.2) is 0 Å². The maximum Gasteiger partial charge on any atom is 0.306 e. The van der Waals surface area contributed by atoms with Crippen molar-refractivity contribution in [2.45, 2.75) is 297 Å². The first kappa shape index (κ1) is 56.4. The van der Waals surface area contributed by atoms with Crippen molar-refractivity contribution >= 4 is 17.9 Å². The second-order valence-electron chi connectivity index (χ2n) is 18.3. The van der Waals surface area contributed by atoms with E-state index in [4.69, 9.17) is 14.2 Å². The van der Waals surface area contributed by atoms with E-state index in [2.05, 4.69) is 27.7 Å². The Morgan fingerprint density at radius 2 is 0.569 bits per heavy atom. The van der Waals surface area contributed by atoms with Crippen molar-refractivity contribution in [1.82, 2.24) is 0 Å². The van der Waals surface area contributed by atoms with E-state index in [-0.39, 0.29) is 31.1 Å². The van der Waals surface area contributed by atoms with Crippen LogP contribution in [0.2, 0.25) is 0 Å². The summed E-state index contributed by atoms with van der Waals surface area (Å²) in [5.74, 6) is -0.0128.